The summed E-state index contributed by atoms with van der Waals surface area (Å²) in [5, 5.41) is 14.7. The minimum Gasteiger partial charge on any atom is -0.478 e. The van der Waals surface area contributed by atoms with Gasteiger partial charge in [-0.1, -0.05) is 31.5 Å². The van der Waals surface area contributed by atoms with Gasteiger partial charge in [0.05, 0.1) is 16.1 Å². The number of halogens is 1. The Morgan fingerprint density at radius 1 is 1.07 bits per heavy atom. The van der Waals surface area contributed by atoms with Gasteiger partial charge in [0.15, 0.2) is 0 Å². The summed E-state index contributed by atoms with van der Waals surface area (Å²) in [6, 6.07) is 9.11. The number of hydrogen-bond donors (Lipinski definition) is 3. The van der Waals surface area contributed by atoms with Gasteiger partial charge in [-0.05, 0) is 48.7 Å². The number of carboxylic acids is 1. The van der Waals surface area contributed by atoms with Crippen LogP contribution in [0.4, 0.5) is 11.4 Å². The maximum atomic E-state index is 12.6. The molecule has 0 saturated carbocycles. The van der Waals surface area contributed by atoms with Crippen LogP contribution < -0.4 is 10.6 Å². The summed E-state index contributed by atoms with van der Waals surface area (Å²) < 4.78 is 0. The maximum Gasteiger partial charge on any atom is 0.335 e. The Balaban J connectivity index is 2.23. The number of rotatable bonds is 6. The first kappa shape index (κ1) is 20.5. The van der Waals surface area contributed by atoms with Crippen molar-refractivity contribution in [1.82, 2.24) is 0 Å². The van der Waals surface area contributed by atoms with Crippen LogP contribution in [0.2, 0.25) is 5.02 Å². The predicted octanol–water partition coefficient (Wildman–Crippen LogP) is 4.58. The highest BCUT2D eigenvalue weighted by Crippen LogP contribution is 2.24. The molecule has 3 N–H and O–H groups in total. The van der Waals surface area contributed by atoms with Crippen LogP contribution in [0.5, 0.6) is 0 Å². The molecule has 0 heterocycles. The molecule has 2 aromatic carbocycles. The zero-order valence-electron chi connectivity index (χ0n) is 15.3. The number of hydrogen-bond acceptors (Lipinski definition) is 3. The quantitative estimate of drug-likeness (QED) is 0.674. The smallest absolute Gasteiger partial charge is 0.335 e. The largest absolute Gasteiger partial charge is 0.478 e. The molecule has 0 saturated heterocycles. The lowest BCUT2D eigenvalue weighted by molar-refractivity contribution is -0.116. The number of nitrogens with one attached hydrogen (secondary N) is 2. The summed E-state index contributed by atoms with van der Waals surface area (Å²) in [6.45, 7) is 5.63. The van der Waals surface area contributed by atoms with Gasteiger partial charge in [-0.2, -0.15) is 0 Å². The molecule has 2 amide bonds. The van der Waals surface area contributed by atoms with Gasteiger partial charge in [-0.3, -0.25) is 9.59 Å². The normalized spacial score (nSPS) is 10.6. The number of carboxylic acid groups (broad SMARTS) is 1. The van der Waals surface area contributed by atoms with E-state index < -0.39 is 11.9 Å². The highest BCUT2D eigenvalue weighted by molar-refractivity contribution is 6.34. The average Bonchev–Trinajstić information content (AvgIpc) is 2.57. The number of carbonyl (C=O) groups is 3. The Morgan fingerprint density at radius 2 is 1.78 bits per heavy atom. The van der Waals surface area contributed by atoms with Crippen LogP contribution in [0.15, 0.2) is 36.4 Å². The molecule has 0 radical (unpaired) electrons. The van der Waals surface area contributed by atoms with Crippen molar-refractivity contribution >= 4 is 40.8 Å². The molecule has 0 fully saturated rings. The molecular formula is C20H21ClN2O4. The van der Waals surface area contributed by atoms with Crippen molar-refractivity contribution in [3.8, 4) is 0 Å². The van der Waals surface area contributed by atoms with E-state index in [1.54, 1.807) is 19.1 Å². The van der Waals surface area contributed by atoms with E-state index in [4.69, 9.17) is 16.7 Å². The van der Waals surface area contributed by atoms with Gasteiger partial charge < -0.3 is 15.7 Å². The minimum absolute atomic E-state index is 0.0664. The maximum absolute atomic E-state index is 12.6. The lowest BCUT2D eigenvalue weighted by Crippen LogP contribution is -2.16. The number of carbonyl (C=O) groups excluding carboxylic acids is 2. The fourth-order valence-electron chi connectivity index (χ4n) is 2.44. The Kier molecular flexibility index (Phi) is 6.58. The topological polar surface area (TPSA) is 95.5 Å². The second kappa shape index (κ2) is 8.68. The highest BCUT2D eigenvalue weighted by Gasteiger charge is 2.15. The summed E-state index contributed by atoms with van der Waals surface area (Å²) in [4.78, 5) is 35.7. The summed E-state index contributed by atoms with van der Waals surface area (Å²) in [5.41, 5.74) is 1.80. The molecule has 6 nitrogen and oxygen atoms in total. The van der Waals surface area contributed by atoms with Gasteiger partial charge in [-0.25, -0.2) is 4.79 Å². The minimum atomic E-state index is -1.08. The van der Waals surface area contributed by atoms with E-state index in [9.17, 15) is 14.4 Å². The molecular weight excluding hydrogens is 368 g/mol. The highest BCUT2D eigenvalue weighted by atomic mass is 35.5. The number of benzene rings is 2. The molecule has 0 aliphatic rings. The van der Waals surface area contributed by atoms with Gasteiger partial charge in [-0.15, -0.1) is 0 Å². The van der Waals surface area contributed by atoms with E-state index in [1.807, 2.05) is 13.8 Å². The van der Waals surface area contributed by atoms with E-state index in [1.165, 1.54) is 24.3 Å². The van der Waals surface area contributed by atoms with Crippen LogP contribution in [0.1, 0.15) is 46.5 Å². The SMILES string of the molecule is Cc1ccc(C(=O)O)cc1NC(=O)c1cc(NC(=O)CC(C)C)ccc1Cl. The third-order valence-electron chi connectivity index (χ3n) is 3.82. The standard InChI is InChI=1S/C20H21ClN2O4/c1-11(2)8-18(24)22-14-6-7-16(21)15(10-14)19(25)23-17-9-13(20(26)27)5-4-12(17)3/h4-7,9-11H,8H2,1-3H3,(H,22,24)(H,23,25)(H,26,27). The lowest BCUT2D eigenvalue weighted by atomic mass is 10.1. The first-order valence-electron chi connectivity index (χ1n) is 8.42. The van der Waals surface area contributed by atoms with E-state index in [2.05, 4.69) is 10.6 Å². The molecule has 0 aliphatic carbocycles. The first-order valence-corrected chi connectivity index (χ1v) is 8.80. The van der Waals surface area contributed by atoms with Crippen LogP contribution in [0.3, 0.4) is 0 Å². The van der Waals surface area contributed by atoms with E-state index in [-0.39, 0.29) is 28.0 Å². The number of amides is 2. The molecule has 0 unspecified atom stereocenters. The summed E-state index contributed by atoms with van der Waals surface area (Å²) in [7, 11) is 0. The zero-order valence-corrected chi connectivity index (χ0v) is 16.1. The lowest BCUT2D eigenvalue weighted by Gasteiger charge is -2.12. The van der Waals surface area contributed by atoms with Crippen molar-refractivity contribution in [1.29, 1.82) is 0 Å². The summed E-state index contributed by atoms with van der Waals surface area (Å²) in [5.74, 6) is -1.52. The fourth-order valence-corrected chi connectivity index (χ4v) is 2.64. The molecule has 7 heteroatoms. The van der Waals surface area contributed by atoms with Crippen LogP contribution >= 0.6 is 11.6 Å². The monoisotopic (exact) mass is 388 g/mol. The van der Waals surface area contributed by atoms with Crippen LogP contribution in [-0.2, 0) is 4.79 Å². The Morgan fingerprint density at radius 3 is 2.41 bits per heavy atom. The molecule has 0 aromatic heterocycles. The average molecular weight is 389 g/mol. The van der Waals surface area contributed by atoms with Gasteiger partial charge >= 0.3 is 5.97 Å². The number of anilines is 2. The second-order valence-electron chi connectivity index (χ2n) is 6.63. The second-order valence-corrected chi connectivity index (χ2v) is 7.04. The Hall–Kier alpha value is -2.86. The molecule has 142 valence electrons. The van der Waals surface area contributed by atoms with Crippen molar-refractivity contribution in [2.75, 3.05) is 10.6 Å². The first-order chi connectivity index (χ1) is 12.7. The predicted molar refractivity (Wildman–Crippen MR) is 106 cm³/mol. The van der Waals surface area contributed by atoms with Gasteiger partial charge in [0.1, 0.15) is 0 Å². The van der Waals surface area contributed by atoms with Crippen LogP contribution in [0.25, 0.3) is 0 Å². The van der Waals surface area contributed by atoms with Crippen LogP contribution in [0, 0.1) is 12.8 Å². The zero-order chi connectivity index (χ0) is 20.1. The van der Waals surface area contributed by atoms with Gasteiger partial charge in [0, 0.05) is 17.8 Å². The number of aromatic carboxylic acids is 1. The fraction of sp³-hybridized carbons (Fsp3) is 0.250. The van der Waals surface area contributed by atoms with Crippen molar-refractivity contribution in [3.63, 3.8) is 0 Å². The van der Waals surface area contributed by atoms with Crippen molar-refractivity contribution in [2.45, 2.75) is 27.2 Å². The van der Waals surface area contributed by atoms with E-state index in [0.717, 1.165) is 0 Å². The number of aryl methyl sites for hydroxylation is 1. The van der Waals surface area contributed by atoms with Gasteiger partial charge in [0.2, 0.25) is 5.91 Å². The van der Waals surface area contributed by atoms with Crippen LogP contribution in [-0.4, -0.2) is 22.9 Å². The third kappa shape index (κ3) is 5.56. The summed E-state index contributed by atoms with van der Waals surface area (Å²) in [6.07, 6.45) is 0.366. The van der Waals surface area contributed by atoms with E-state index >= 15 is 0 Å². The molecule has 27 heavy (non-hydrogen) atoms. The Labute approximate surface area is 162 Å². The molecule has 0 atom stereocenters. The van der Waals surface area contributed by atoms with Gasteiger partial charge in [0.25, 0.3) is 5.91 Å². The van der Waals surface area contributed by atoms with E-state index in [0.29, 0.717) is 23.4 Å². The molecule has 0 bridgehead atoms. The molecule has 2 aromatic rings. The van der Waals surface area contributed by atoms with Crippen molar-refractivity contribution in [2.24, 2.45) is 5.92 Å². The summed E-state index contributed by atoms with van der Waals surface area (Å²) >= 11 is 6.13. The molecule has 0 spiro atoms. The molecule has 2 rings (SSSR count). The third-order valence-corrected chi connectivity index (χ3v) is 4.15. The Bertz CT molecular complexity index is 894. The molecule has 0 aliphatic heterocycles. The van der Waals surface area contributed by atoms with Crippen molar-refractivity contribution < 1.29 is 19.5 Å². The van der Waals surface area contributed by atoms with Crippen molar-refractivity contribution in [3.05, 3.63) is 58.1 Å².